The number of anilines is 1. The smallest absolute Gasteiger partial charge is 0.0455 e. The topological polar surface area (TPSA) is 12.0 Å². The van der Waals surface area contributed by atoms with E-state index < -0.39 is 0 Å². The van der Waals surface area contributed by atoms with E-state index in [1.54, 1.807) is 0 Å². The second-order valence-electron chi connectivity index (χ2n) is 3.55. The summed E-state index contributed by atoms with van der Waals surface area (Å²) in [6, 6.07) is 5.98. The van der Waals surface area contributed by atoms with Gasteiger partial charge in [0.2, 0.25) is 0 Å². The minimum atomic E-state index is 0.838. The second kappa shape index (κ2) is 5.92. The predicted molar refractivity (Wildman–Crippen MR) is 64.2 cm³/mol. The van der Waals surface area contributed by atoms with Crippen LogP contribution in [0.3, 0.4) is 0 Å². The van der Waals surface area contributed by atoms with E-state index in [2.05, 4.69) is 18.3 Å². The molecular weight excluding hydrogens is 194 g/mol. The highest BCUT2D eigenvalue weighted by Crippen LogP contribution is 2.22. The molecule has 14 heavy (non-hydrogen) atoms. The van der Waals surface area contributed by atoms with Gasteiger partial charge in [-0.25, -0.2) is 0 Å². The van der Waals surface area contributed by atoms with Crippen LogP contribution in [0.1, 0.15) is 31.7 Å². The number of nitrogens with one attached hydrogen (secondary N) is 1. The summed E-state index contributed by atoms with van der Waals surface area (Å²) in [5, 5.41) is 4.24. The quantitative estimate of drug-likeness (QED) is 0.718. The fourth-order valence-corrected chi connectivity index (χ4v) is 1.57. The number of benzene rings is 1. The maximum absolute atomic E-state index is 6.01. The lowest BCUT2D eigenvalue weighted by molar-refractivity contribution is 0.743. The molecule has 2 heteroatoms. The SMILES string of the molecule is CCCCCNc1cccc(Cl)c1C. The van der Waals surface area contributed by atoms with Gasteiger partial charge in [-0.3, -0.25) is 0 Å². The van der Waals surface area contributed by atoms with Crippen molar-refractivity contribution < 1.29 is 0 Å². The highest BCUT2D eigenvalue weighted by Gasteiger charge is 1.99. The fourth-order valence-electron chi connectivity index (χ4n) is 1.40. The Morgan fingerprint density at radius 2 is 2.07 bits per heavy atom. The van der Waals surface area contributed by atoms with Crippen molar-refractivity contribution in [1.29, 1.82) is 0 Å². The van der Waals surface area contributed by atoms with E-state index >= 15 is 0 Å². The van der Waals surface area contributed by atoms with Gasteiger partial charge < -0.3 is 5.32 Å². The lowest BCUT2D eigenvalue weighted by Crippen LogP contribution is -2.02. The monoisotopic (exact) mass is 211 g/mol. The Bertz CT molecular complexity index is 284. The second-order valence-corrected chi connectivity index (χ2v) is 3.95. The van der Waals surface area contributed by atoms with E-state index in [1.165, 1.54) is 19.3 Å². The van der Waals surface area contributed by atoms with Crippen molar-refractivity contribution in [2.45, 2.75) is 33.1 Å². The van der Waals surface area contributed by atoms with Gasteiger partial charge in [-0.1, -0.05) is 37.4 Å². The first kappa shape index (κ1) is 11.4. The zero-order valence-electron chi connectivity index (χ0n) is 8.94. The Morgan fingerprint density at radius 1 is 1.29 bits per heavy atom. The Hall–Kier alpha value is -0.690. The first-order valence-corrected chi connectivity index (χ1v) is 5.62. The third kappa shape index (κ3) is 3.22. The first-order valence-electron chi connectivity index (χ1n) is 5.24. The summed E-state index contributed by atoms with van der Waals surface area (Å²) in [6.07, 6.45) is 3.77. The summed E-state index contributed by atoms with van der Waals surface area (Å²) in [5.74, 6) is 0. The normalized spacial score (nSPS) is 10.2. The van der Waals surface area contributed by atoms with E-state index in [0.29, 0.717) is 0 Å². The van der Waals surface area contributed by atoms with Crippen molar-refractivity contribution in [3.8, 4) is 0 Å². The van der Waals surface area contributed by atoms with Crippen molar-refractivity contribution in [2.24, 2.45) is 0 Å². The van der Waals surface area contributed by atoms with Gasteiger partial charge in [0.05, 0.1) is 0 Å². The van der Waals surface area contributed by atoms with Gasteiger partial charge in [0.15, 0.2) is 0 Å². The zero-order chi connectivity index (χ0) is 10.4. The summed E-state index contributed by atoms with van der Waals surface area (Å²) < 4.78 is 0. The van der Waals surface area contributed by atoms with Gasteiger partial charge in [-0.2, -0.15) is 0 Å². The molecule has 1 aromatic carbocycles. The summed E-state index contributed by atoms with van der Waals surface area (Å²) in [7, 11) is 0. The molecule has 0 spiro atoms. The van der Waals surface area contributed by atoms with Crippen molar-refractivity contribution >= 4 is 17.3 Å². The van der Waals surface area contributed by atoms with Gasteiger partial charge in [0, 0.05) is 17.3 Å². The molecule has 0 fully saturated rings. The molecule has 78 valence electrons. The number of hydrogen-bond donors (Lipinski definition) is 1. The molecule has 1 aromatic rings. The molecule has 0 heterocycles. The maximum atomic E-state index is 6.01. The molecule has 1 nitrogen and oxygen atoms in total. The summed E-state index contributed by atoms with van der Waals surface area (Å²) >= 11 is 6.01. The van der Waals surface area contributed by atoms with Crippen LogP contribution in [0.4, 0.5) is 5.69 Å². The Balaban J connectivity index is 2.46. The fraction of sp³-hybridized carbons (Fsp3) is 0.500. The molecule has 0 aliphatic rings. The highest BCUT2D eigenvalue weighted by molar-refractivity contribution is 6.31. The van der Waals surface area contributed by atoms with Crippen LogP contribution in [0.15, 0.2) is 18.2 Å². The van der Waals surface area contributed by atoms with Crippen LogP contribution in [0.5, 0.6) is 0 Å². The largest absolute Gasteiger partial charge is 0.385 e. The van der Waals surface area contributed by atoms with Crippen LogP contribution >= 0.6 is 11.6 Å². The van der Waals surface area contributed by atoms with Crippen molar-refractivity contribution in [2.75, 3.05) is 11.9 Å². The molecule has 0 saturated heterocycles. The van der Waals surface area contributed by atoms with Crippen molar-refractivity contribution in [3.63, 3.8) is 0 Å². The minimum absolute atomic E-state index is 0.838. The molecule has 0 saturated carbocycles. The van der Waals surface area contributed by atoms with Crippen molar-refractivity contribution in [1.82, 2.24) is 0 Å². The molecular formula is C12H18ClN. The molecule has 0 radical (unpaired) electrons. The number of rotatable bonds is 5. The molecule has 1 rings (SSSR count). The molecule has 1 N–H and O–H groups in total. The molecule has 0 aromatic heterocycles. The number of unbranched alkanes of at least 4 members (excludes halogenated alkanes) is 2. The minimum Gasteiger partial charge on any atom is -0.385 e. The predicted octanol–water partition coefficient (Wildman–Crippen LogP) is 4.25. The van der Waals surface area contributed by atoms with Gasteiger partial charge >= 0.3 is 0 Å². The van der Waals surface area contributed by atoms with Crippen LogP contribution < -0.4 is 5.32 Å². The van der Waals surface area contributed by atoms with Crippen molar-refractivity contribution in [3.05, 3.63) is 28.8 Å². The summed E-state index contributed by atoms with van der Waals surface area (Å²) in [4.78, 5) is 0. The van der Waals surface area contributed by atoms with E-state index in [9.17, 15) is 0 Å². The molecule has 0 amide bonds. The van der Waals surface area contributed by atoms with Crippen LogP contribution in [-0.4, -0.2) is 6.54 Å². The summed E-state index contributed by atoms with van der Waals surface area (Å²) in [5.41, 5.74) is 2.30. The average Bonchev–Trinajstić information content (AvgIpc) is 2.19. The lowest BCUT2D eigenvalue weighted by Gasteiger charge is -2.09. The molecule has 0 bridgehead atoms. The van der Waals surface area contributed by atoms with Crippen LogP contribution in [0.25, 0.3) is 0 Å². The Labute approximate surface area is 91.5 Å². The first-order chi connectivity index (χ1) is 6.75. The van der Waals surface area contributed by atoms with E-state index in [0.717, 1.165) is 22.8 Å². The lowest BCUT2D eigenvalue weighted by atomic mass is 10.2. The molecule has 0 aliphatic heterocycles. The van der Waals surface area contributed by atoms with Gasteiger partial charge in [0.1, 0.15) is 0 Å². The standard InChI is InChI=1S/C12H18ClN/c1-3-4-5-9-14-12-8-6-7-11(13)10(12)2/h6-8,14H,3-5,9H2,1-2H3. The van der Waals surface area contributed by atoms with E-state index in [-0.39, 0.29) is 0 Å². The van der Waals surface area contributed by atoms with Crippen LogP contribution in [0, 0.1) is 6.92 Å². The third-order valence-electron chi connectivity index (χ3n) is 2.36. The van der Waals surface area contributed by atoms with Gasteiger partial charge in [0.25, 0.3) is 0 Å². The number of halogens is 1. The zero-order valence-corrected chi connectivity index (χ0v) is 9.69. The number of hydrogen-bond acceptors (Lipinski definition) is 1. The van der Waals surface area contributed by atoms with Crippen LogP contribution in [-0.2, 0) is 0 Å². The molecule has 0 unspecified atom stereocenters. The molecule has 0 atom stereocenters. The van der Waals surface area contributed by atoms with Gasteiger partial charge in [-0.05, 0) is 31.0 Å². The van der Waals surface area contributed by atoms with Crippen LogP contribution in [0.2, 0.25) is 5.02 Å². The molecule has 0 aliphatic carbocycles. The Kier molecular flexibility index (Phi) is 4.81. The van der Waals surface area contributed by atoms with E-state index in [1.807, 2.05) is 19.1 Å². The average molecular weight is 212 g/mol. The van der Waals surface area contributed by atoms with E-state index in [4.69, 9.17) is 11.6 Å². The highest BCUT2D eigenvalue weighted by atomic mass is 35.5. The summed E-state index contributed by atoms with van der Waals surface area (Å²) in [6.45, 7) is 5.30. The third-order valence-corrected chi connectivity index (χ3v) is 2.77. The maximum Gasteiger partial charge on any atom is 0.0455 e. The van der Waals surface area contributed by atoms with Gasteiger partial charge in [-0.15, -0.1) is 0 Å². The Morgan fingerprint density at radius 3 is 2.79 bits per heavy atom.